The average molecular weight is 1350 g/mol. The molecule has 0 spiro atoms. The Bertz CT molecular complexity index is 2230. The number of unbranched alkanes of at least 4 members (excludes halogenated alkanes) is 21. The van der Waals surface area contributed by atoms with Crippen molar-refractivity contribution in [3.63, 3.8) is 0 Å². The number of ether oxygens (including phenoxy) is 3. The van der Waals surface area contributed by atoms with Gasteiger partial charge in [0.25, 0.3) is 0 Å². The van der Waals surface area contributed by atoms with Gasteiger partial charge in [-0.2, -0.15) is 0 Å². The van der Waals surface area contributed by atoms with Crippen molar-refractivity contribution >= 4 is 33.6 Å². The van der Waals surface area contributed by atoms with E-state index < -0.39 is 91.5 Å². The van der Waals surface area contributed by atoms with E-state index in [-0.39, 0.29) is 19.3 Å². The summed E-state index contributed by atoms with van der Waals surface area (Å²) < 4.78 is 60.9. The van der Waals surface area contributed by atoms with Gasteiger partial charge in [-0.15, -0.1) is 0 Å². The van der Waals surface area contributed by atoms with Gasteiger partial charge in [-0.25, -0.2) is 9.13 Å². The Morgan fingerprint density at radius 3 is 0.914 bits per heavy atom. The van der Waals surface area contributed by atoms with E-state index in [1.54, 1.807) is 0 Å². The highest BCUT2D eigenvalue weighted by Crippen LogP contribution is 2.45. The van der Waals surface area contributed by atoms with E-state index in [4.69, 9.17) is 32.3 Å². The second-order valence-corrected chi connectivity index (χ2v) is 26.2. The third-order valence-electron chi connectivity index (χ3n) is 14.4. The maximum absolute atomic E-state index is 12.9. The molecule has 532 valence electrons. The summed E-state index contributed by atoms with van der Waals surface area (Å²) in [4.78, 5) is 58.5. The molecule has 0 heterocycles. The van der Waals surface area contributed by atoms with Crippen LogP contribution in [0.25, 0.3) is 0 Å². The molecular formula is C75H126O16P2. The van der Waals surface area contributed by atoms with E-state index in [9.17, 15) is 43.5 Å². The maximum atomic E-state index is 12.9. The van der Waals surface area contributed by atoms with Gasteiger partial charge in [0.15, 0.2) is 6.10 Å². The lowest BCUT2D eigenvalue weighted by Gasteiger charge is -2.21. The summed E-state index contributed by atoms with van der Waals surface area (Å²) in [5.41, 5.74) is 0. The summed E-state index contributed by atoms with van der Waals surface area (Å²) in [7, 11) is -9.80. The lowest BCUT2D eigenvalue weighted by molar-refractivity contribution is -0.161. The number of aliphatic hydroxyl groups is 2. The number of esters is 3. The van der Waals surface area contributed by atoms with Crippen LogP contribution in [-0.4, -0.2) is 95.9 Å². The normalized spacial score (nSPS) is 15.0. The van der Waals surface area contributed by atoms with Crippen LogP contribution in [-0.2, 0) is 55.8 Å². The number of phosphoric ester groups is 2. The Hall–Kier alpha value is -4.31. The average Bonchev–Trinajstić information content (AvgIpc) is 3.74. The number of carbonyl (C=O) groups is 3. The topological polar surface area (TPSA) is 231 Å². The van der Waals surface area contributed by atoms with E-state index in [1.807, 2.05) is 0 Å². The van der Waals surface area contributed by atoms with Crippen LogP contribution in [0.3, 0.4) is 0 Å². The molecule has 0 amide bonds. The molecule has 0 aromatic carbocycles. The number of hydrogen-bond acceptors (Lipinski definition) is 14. The summed E-state index contributed by atoms with van der Waals surface area (Å²) in [6.07, 6.45) is 79.2. The van der Waals surface area contributed by atoms with Crippen molar-refractivity contribution in [1.29, 1.82) is 0 Å². The van der Waals surface area contributed by atoms with Gasteiger partial charge in [-0.1, -0.05) is 264 Å². The summed E-state index contributed by atoms with van der Waals surface area (Å²) in [6, 6.07) is 0. The van der Waals surface area contributed by atoms with Crippen molar-refractivity contribution in [3.8, 4) is 0 Å². The minimum Gasteiger partial charge on any atom is -0.463 e. The molecule has 18 heteroatoms. The van der Waals surface area contributed by atoms with Gasteiger partial charge >= 0.3 is 33.6 Å². The molecule has 16 nitrogen and oxygen atoms in total. The first-order valence-corrected chi connectivity index (χ1v) is 38.5. The molecule has 5 unspecified atom stereocenters. The van der Waals surface area contributed by atoms with Crippen LogP contribution in [0.4, 0.5) is 0 Å². The molecule has 0 aromatic rings. The number of hydrogen-bond donors (Lipinski definition) is 4. The number of aliphatic hydroxyl groups excluding tert-OH is 2. The lowest BCUT2D eigenvalue weighted by atomic mass is 10.0. The highest BCUT2D eigenvalue weighted by atomic mass is 31.2. The minimum absolute atomic E-state index is 0.0963. The monoisotopic (exact) mass is 1340 g/mol. The van der Waals surface area contributed by atoms with Gasteiger partial charge in [0.05, 0.1) is 26.4 Å². The molecule has 0 aliphatic carbocycles. The van der Waals surface area contributed by atoms with Crippen LogP contribution in [0.5, 0.6) is 0 Å². The van der Waals surface area contributed by atoms with E-state index in [0.717, 1.165) is 141 Å². The highest BCUT2D eigenvalue weighted by molar-refractivity contribution is 7.47. The zero-order valence-electron chi connectivity index (χ0n) is 57.6. The van der Waals surface area contributed by atoms with Gasteiger partial charge in [0, 0.05) is 19.3 Å². The van der Waals surface area contributed by atoms with E-state index in [1.165, 1.54) is 64.2 Å². The molecule has 0 saturated carbocycles. The summed E-state index contributed by atoms with van der Waals surface area (Å²) in [6.45, 7) is 2.37. The van der Waals surface area contributed by atoms with Gasteiger partial charge in [0.1, 0.15) is 25.4 Å². The zero-order valence-corrected chi connectivity index (χ0v) is 59.4. The third kappa shape index (κ3) is 68.9. The number of carbonyl (C=O) groups excluding carboxylic acids is 3. The molecule has 5 atom stereocenters. The molecule has 0 saturated heterocycles. The molecular weight excluding hydrogens is 1220 g/mol. The van der Waals surface area contributed by atoms with Crippen molar-refractivity contribution in [2.75, 3.05) is 39.6 Å². The number of phosphoric acid groups is 2. The van der Waals surface area contributed by atoms with Crippen molar-refractivity contribution < 1.29 is 75.8 Å². The SMILES string of the molecule is CC/C=C\C/C=C\C/C=C\C/C=C\C/C=C\C/C=C\CCCCCCC(=O)OCC(O)COP(=O)(O)OCC(O)COP(=O)(O)OCC(COC(=O)CCCCC/C=C\C/C=C\C/C=C\C/C=C\C/C=C\CC)OC(=O)CCCCCCCCCCCCCCCCC. The molecule has 0 rings (SSSR count). The van der Waals surface area contributed by atoms with Crippen LogP contribution in [0.2, 0.25) is 0 Å². The number of rotatable bonds is 66. The largest absolute Gasteiger partial charge is 0.472 e. The van der Waals surface area contributed by atoms with Crippen LogP contribution in [0, 0.1) is 0 Å². The van der Waals surface area contributed by atoms with Gasteiger partial charge in [0.2, 0.25) is 0 Å². The predicted octanol–water partition coefficient (Wildman–Crippen LogP) is 20.0. The van der Waals surface area contributed by atoms with Crippen molar-refractivity contribution in [2.24, 2.45) is 0 Å². The van der Waals surface area contributed by atoms with Crippen LogP contribution < -0.4 is 0 Å². The molecule has 0 bridgehead atoms. The number of allylic oxidation sites excluding steroid dienone is 22. The molecule has 93 heavy (non-hydrogen) atoms. The Balaban J connectivity index is 4.70. The van der Waals surface area contributed by atoms with Crippen LogP contribution >= 0.6 is 15.6 Å². The first-order valence-electron chi connectivity index (χ1n) is 35.5. The molecule has 0 radical (unpaired) electrons. The van der Waals surface area contributed by atoms with Gasteiger partial charge in [-0.05, 0) is 116 Å². The maximum Gasteiger partial charge on any atom is 0.472 e. The predicted molar refractivity (Wildman–Crippen MR) is 380 cm³/mol. The molecule has 0 fully saturated rings. The first kappa shape index (κ1) is 88.7. The fraction of sp³-hybridized carbons (Fsp3) is 0.667. The molecule has 0 aromatic heterocycles. The fourth-order valence-electron chi connectivity index (χ4n) is 9.01. The Labute approximate surface area is 563 Å². The smallest absolute Gasteiger partial charge is 0.463 e. The molecule has 0 aliphatic rings. The minimum atomic E-state index is -4.94. The second-order valence-electron chi connectivity index (χ2n) is 23.3. The Kier molecular flexibility index (Phi) is 64.5. The summed E-state index contributed by atoms with van der Waals surface area (Å²) in [5, 5.41) is 20.6. The van der Waals surface area contributed by atoms with Crippen molar-refractivity contribution in [2.45, 2.75) is 283 Å². The standard InChI is InChI=1S/C75H126O16P2/c1-4-7-10-13-16-19-22-25-28-30-32-33-34-35-37-39-41-43-46-49-52-55-58-61-73(78)85-64-70(76)65-87-92(81,82)88-66-71(77)67-89-93(83,84)90-69-72(91-75(80)63-60-57-54-51-48-45-40-27-24-21-18-15-12-9-6-3)68-86-74(79)62-59-56-53-50-47-44-42-38-36-31-29-26-23-20-17-14-11-8-5-2/h7-8,10-11,16-17,19-20,25-26,28-29,32-33,35-38,41,43-44,47,70-72,76-77H,4-6,9,12-15,18,21-24,27,30-31,34,39-40,42,45-46,48-69H2,1-3H3,(H,81,82)(H,83,84)/b10-7-,11-8-,19-16-,20-17-,28-25-,29-26-,33-32-,37-35-,38-36-,43-41-,47-44-. The fourth-order valence-corrected chi connectivity index (χ4v) is 10.6. The van der Waals surface area contributed by atoms with Crippen LogP contribution in [0.15, 0.2) is 134 Å². The third-order valence-corrected chi connectivity index (χ3v) is 16.3. The van der Waals surface area contributed by atoms with E-state index in [0.29, 0.717) is 19.3 Å². The van der Waals surface area contributed by atoms with Gasteiger partial charge < -0.3 is 34.2 Å². The lowest BCUT2D eigenvalue weighted by Crippen LogP contribution is -2.30. The van der Waals surface area contributed by atoms with E-state index in [2.05, 4.69) is 154 Å². The van der Waals surface area contributed by atoms with E-state index >= 15 is 0 Å². The van der Waals surface area contributed by atoms with Crippen LogP contribution in [0.1, 0.15) is 265 Å². The quantitative estimate of drug-likeness (QED) is 0.0146. The summed E-state index contributed by atoms with van der Waals surface area (Å²) in [5.74, 6) is -1.64. The molecule has 4 N–H and O–H groups in total. The first-order chi connectivity index (χ1) is 45.2. The molecule has 0 aliphatic heterocycles. The Morgan fingerprint density at radius 1 is 0.312 bits per heavy atom. The second kappa shape index (κ2) is 67.7. The van der Waals surface area contributed by atoms with Gasteiger partial charge in [-0.3, -0.25) is 32.5 Å². The zero-order chi connectivity index (χ0) is 68.1. The van der Waals surface area contributed by atoms with Crippen molar-refractivity contribution in [3.05, 3.63) is 134 Å². The highest BCUT2D eigenvalue weighted by Gasteiger charge is 2.29. The van der Waals surface area contributed by atoms with Crippen molar-refractivity contribution in [1.82, 2.24) is 0 Å². The Morgan fingerprint density at radius 2 is 0.570 bits per heavy atom. The summed E-state index contributed by atoms with van der Waals surface area (Å²) >= 11 is 0.